The Hall–Kier alpha value is -1.74. The summed E-state index contributed by atoms with van der Waals surface area (Å²) in [7, 11) is 0. The van der Waals surface area contributed by atoms with E-state index in [1.54, 1.807) is 0 Å². The van der Waals surface area contributed by atoms with Crippen LogP contribution in [0.5, 0.6) is 0 Å². The molecule has 0 amide bonds. The predicted octanol–water partition coefficient (Wildman–Crippen LogP) is 3.59. The molecule has 0 aromatic heterocycles. The van der Waals surface area contributed by atoms with Gasteiger partial charge in [0.1, 0.15) is 11.6 Å². The molecule has 0 bridgehead atoms. The zero-order chi connectivity index (χ0) is 13.8. The molecule has 0 heterocycles. The zero-order valence-electron chi connectivity index (χ0n) is 10.7. The Morgan fingerprint density at radius 1 is 1.00 bits per heavy atom. The molecule has 19 heavy (non-hydrogen) atoms. The number of benzene rings is 2. The number of aryl methyl sites for hydroxylation is 1. The Bertz CT molecular complexity index is 529. The van der Waals surface area contributed by atoms with Gasteiger partial charge in [0, 0.05) is 11.5 Å². The van der Waals surface area contributed by atoms with Gasteiger partial charge in [-0.3, -0.25) is 0 Å². The van der Waals surface area contributed by atoms with Gasteiger partial charge in [-0.2, -0.15) is 0 Å². The number of rotatable bonds is 4. The highest BCUT2D eigenvalue weighted by Crippen LogP contribution is 2.24. The summed E-state index contributed by atoms with van der Waals surface area (Å²) in [4.78, 5) is 0. The average molecular weight is 262 g/mol. The van der Waals surface area contributed by atoms with Gasteiger partial charge >= 0.3 is 0 Å². The van der Waals surface area contributed by atoms with Crippen molar-refractivity contribution in [3.8, 4) is 0 Å². The molecule has 0 aliphatic heterocycles. The molecular weight excluding hydrogens is 246 g/mol. The Kier molecular flexibility index (Phi) is 4.27. The topological polar surface area (TPSA) is 20.2 Å². The van der Waals surface area contributed by atoms with E-state index >= 15 is 0 Å². The van der Waals surface area contributed by atoms with E-state index in [1.807, 2.05) is 31.2 Å². The van der Waals surface area contributed by atoms with E-state index < -0.39 is 11.6 Å². The summed E-state index contributed by atoms with van der Waals surface area (Å²) in [6.07, 6.45) is 0.151. The lowest BCUT2D eigenvalue weighted by atomic mass is 9.92. The minimum atomic E-state index is -0.564. The van der Waals surface area contributed by atoms with Crippen LogP contribution in [0.2, 0.25) is 0 Å². The van der Waals surface area contributed by atoms with Crippen molar-refractivity contribution < 1.29 is 13.9 Å². The molecule has 0 aliphatic carbocycles. The normalized spacial score (nSPS) is 12.4. The quantitative estimate of drug-likeness (QED) is 0.892. The number of aliphatic hydroxyl groups is 1. The first kappa shape index (κ1) is 13.7. The molecule has 3 heteroatoms. The lowest BCUT2D eigenvalue weighted by Gasteiger charge is -2.16. The third-order valence-corrected chi connectivity index (χ3v) is 3.28. The Morgan fingerprint density at radius 2 is 1.58 bits per heavy atom. The van der Waals surface area contributed by atoms with Gasteiger partial charge in [0.2, 0.25) is 0 Å². The van der Waals surface area contributed by atoms with Crippen LogP contribution in [0.1, 0.15) is 22.6 Å². The van der Waals surface area contributed by atoms with Crippen LogP contribution in [0.15, 0.2) is 42.5 Å². The summed E-state index contributed by atoms with van der Waals surface area (Å²) >= 11 is 0. The number of aliphatic hydroxyl groups excluding tert-OH is 1. The van der Waals surface area contributed by atoms with Crippen LogP contribution in [0.4, 0.5) is 8.78 Å². The summed E-state index contributed by atoms with van der Waals surface area (Å²) in [6.45, 7) is 1.82. The molecule has 1 nitrogen and oxygen atoms in total. The fourth-order valence-corrected chi connectivity index (χ4v) is 2.10. The predicted molar refractivity (Wildman–Crippen MR) is 71.1 cm³/mol. The van der Waals surface area contributed by atoms with Crippen molar-refractivity contribution >= 4 is 0 Å². The highest BCUT2D eigenvalue weighted by Gasteiger charge is 2.16. The highest BCUT2D eigenvalue weighted by atomic mass is 19.1. The molecule has 1 N–H and O–H groups in total. The van der Waals surface area contributed by atoms with E-state index in [2.05, 4.69) is 0 Å². The molecule has 2 rings (SSSR count). The molecular formula is C16H16F2O. The Balaban J connectivity index is 2.26. The highest BCUT2D eigenvalue weighted by molar-refractivity contribution is 5.28. The van der Waals surface area contributed by atoms with E-state index in [0.717, 1.165) is 11.1 Å². The molecule has 1 atom stereocenters. The van der Waals surface area contributed by atoms with Gasteiger partial charge in [-0.1, -0.05) is 35.9 Å². The molecule has 100 valence electrons. The molecule has 1 unspecified atom stereocenters. The zero-order valence-corrected chi connectivity index (χ0v) is 10.7. The molecule has 0 saturated heterocycles. The van der Waals surface area contributed by atoms with E-state index in [4.69, 9.17) is 0 Å². The maximum Gasteiger partial charge on any atom is 0.129 e. The summed E-state index contributed by atoms with van der Waals surface area (Å²) < 4.78 is 27.2. The molecule has 0 saturated carbocycles. The van der Waals surface area contributed by atoms with Crippen LogP contribution in [0, 0.1) is 18.6 Å². The summed E-state index contributed by atoms with van der Waals surface area (Å²) in [5, 5.41) is 9.45. The largest absolute Gasteiger partial charge is 0.396 e. The average Bonchev–Trinajstić information content (AvgIpc) is 2.40. The molecule has 0 fully saturated rings. The minimum absolute atomic E-state index is 0.0297. The fraction of sp³-hybridized carbons (Fsp3) is 0.250. The van der Waals surface area contributed by atoms with Crippen molar-refractivity contribution in [2.24, 2.45) is 0 Å². The van der Waals surface area contributed by atoms with Crippen LogP contribution in [-0.2, 0) is 6.42 Å². The monoisotopic (exact) mass is 262 g/mol. The first-order chi connectivity index (χ1) is 9.11. The van der Waals surface area contributed by atoms with Gasteiger partial charge in [-0.05, 0) is 31.0 Å². The molecule has 0 radical (unpaired) electrons. The van der Waals surface area contributed by atoms with E-state index in [9.17, 15) is 13.9 Å². The maximum absolute atomic E-state index is 13.6. The maximum atomic E-state index is 13.6. The van der Waals surface area contributed by atoms with Gasteiger partial charge in [0.15, 0.2) is 0 Å². The molecule has 2 aromatic rings. The lowest BCUT2D eigenvalue weighted by molar-refractivity contribution is 0.263. The molecule has 2 aromatic carbocycles. The lowest BCUT2D eigenvalue weighted by Crippen LogP contribution is -2.10. The van der Waals surface area contributed by atoms with Gasteiger partial charge in [0.25, 0.3) is 0 Å². The minimum Gasteiger partial charge on any atom is -0.396 e. The summed E-state index contributed by atoms with van der Waals surface area (Å²) in [6, 6.07) is 11.4. The van der Waals surface area contributed by atoms with Crippen molar-refractivity contribution in [1.82, 2.24) is 0 Å². The Morgan fingerprint density at radius 3 is 2.11 bits per heavy atom. The SMILES string of the molecule is Cc1ccc(C(CO)Cc2c(F)cccc2F)cc1. The third-order valence-electron chi connectivity index (χ3n) is 3.28. The number of hydrogen-bond donors (Lipinski definition) is 1. The van der Waals surface area contributed by atoms with Crippen LogP contribution in [-0.4, -0.2) is 11.7 Å². The third kappa shape index (κ3) is 3.18. The standard InChI is InChI=1S/C16H16F2O/c1-11-5-7-12(8-6-11)13(10-19)9-14-15(17)3-2-4-16(14)18/h2-8,13,19H,9-10H2,1H3. The van der Waals surface area contributed by atoms with Gasteiger partial charge in [0.05, 0.1) is 6.61 Å². The summed E-state index contributed by atoms with van der Waals surface area (Å²) in [5.74, 6) is -1.43. The first-order valence-corrected chi connectivity index (χ1v) is 6.22. The van der Waals surface area contributed by atoms with Gasteiger partial charge < -0.3 is 5.11 Å². The second-order valence-corrected chi connectivity index (χ2v) is 4.69. The fourth-order valence-electron chi connectivity index (χ4n) is 2.10. The number of hydrogen-bond acceptors (Lipinski definition) is 1. The molecule has 0 spiro atoms. The summed E-state index contributed by atoms with van der Waals surface area (Å²) in [5.41, 5.74) is 2.02. The number of halogens is 2. The first-order valence-electron chi connectivity index (χ1n) is 6.22. The van der Waals surface area contributed by atoms with E-state index in [1.165, 1.54) is 18.2 Å². The van der Waals surface area contributed by atoms with Crippen molar-refractivity contribution in [3.05, 3.63) is 70.8 Å². The van der Waals surface area contributed by atoms with E-state index in [0.29, 0.717) is 0 Å². The van der Waals surface area contributed by atoms with Gasteiger partial charge in [-0.25, -0.2) is 8.78 Å². The molecule has 0 aliphatic rings. The second kappa shape index (κ2) is 5.93. The van der Waals surface area contributed by atoms with Crippen molar-refractivity contribution in [2.75, 3.05) is 6.61 Å². The van der Waals surface area contributed by atoms with Crippen molar-refractivity contribution in [3.63, 3.8) is 0 Å². The Labute approximate surface area is 111 Å². The van der Waals surface area contributed by atoms with E-state index in [-0.39, 0.29) is 24.5 Å². The smallest absolute Gasteiger partial charge is 0.129 e. The van der Waals surface area contributed by atoms with Crippen LogP contribution < -0.4 is 0 Å². The van der Waals surface area contributed by atoms with Crippen LogP contribution in [0.25, 0.3) is 0 Å². The van der Waals surface area contributed by atoms with Crippen LogP contribution >= 0.6 is 0 Å². The second-order valence-electron chi connectivity index (χ2n) is 4.69. The van der Waals surface area contributed by atoms with Crippen molar-refractivity contribution in [1.29, 1.82) is 0 Å². The van der Waals surface area contributed by atoms with Gasteiger partial charge in [-0.15, -0.1) is 0 Å². The van der Waals surface area contributed by atoms with Crippen LogP contribution in [0.3, 0.4) is 0 Å². The van der Waals surface area contributed by atoms with Crippen molar-refractivity contribution in [2.45, 2.75) is 19.3 Å².